The maximum Gasteiger partial charge on any atom is 0.344 e. The van der Waals surface area contributed by atoms with Gasteiger partial charge in [0.2, 0.25) is 0 Å². The molecule has 0 aliphatic carbocycles. The van der Waals surface area contributed by atoms with Gasteiger partial charge >= 0.3 is 5.97 Å². The normalized spacial score (nSPS) is 9.74. The SMILES string of the molecule is N#Cc1ccc(OCC(=O)OCCOc2cccc(Br)c2)cc1. The Balaban J connectivity index is 1.64. The number of halogens is 1. The number of esters is 1. The summed E-state index contributed by atoms with van der Waals surface area (Å²) in [6.07, 6.45) is 0. The third-order valence-corrected chi connectivity index (χ3v) is 3.24. The van der Waals surface area contributed by atoms with Crippen molar-refractivity contribution in [2.24, 2.45) is 0 Å². The number of rotatable bonds is 7. The summed E-state index contributed by atoms with van der Waals surface area (Å²) in [5, 5.41) is 8.69. The zero-order valence-corrected chi connectivity index (χ0v) is 13.8. The first-order chi connectivity index (χ1) is 11.2. The van der Waals surface area contributed by atoms with Gasteiger partial charge in [0.05, 0.1) is 11.6 Å². The quantitative estimate of drug-likeness (QED) is 0.548. The Bertz CT molecular complexity index is 694. The molecule has 0 fully saturated rings. The number of carbonyl (C=O) groups is 1. The molecule has 0 bridgehead atoms. The van der Waals surface area contributed by atoms with Crippen molar-refractivity contribution in [1.82, 2.24) is 0 Å². The van der Waals surface area contributed by atoms with E-state index in [1.807, 2.05) is 30.3 Å². The van der Waals surface area contributed by atoms with Crippen molar-refractivity contribution in [3.05, 3.63) is 58.6 Å². The number of ether oxygens (including phenoxy) is 3. The monoisotopic (exact) mass is 375 g/mol. The van der Waals surface area contributed by atoms with Gasteiger partial charge in [0, 0.05) is 4.47 Å². The van der Waals surface area contributed by atoms with Crippen LogP contribution in [0.3, 0.4) is 0 Å². The van der Waals surface area contributed by atoms with Gasteiger partial charge in [-0.1, -0.05) is 22.0 Å². The number of benzene rings is 2. The molecule has 0 radical (unpaired) electrons. The van der Waals surface area contributed by atoms with Gasteiger partial charge in [0.25, 0.3) is 0 Å². The standard InChI is InChI=1S/C17H14BrNO4/c18-14-2-1-3-16(10-14)21-8-9-22-17(20)12-23-15-6-4-13(11-19)5-7-15/h1-7,10H,8-9,12H2. The number of hydrogen-bond acceptors (Lipinski definition) is 5. The summed E-state index contributed by atoms with van der Waals surface area (Å²) in [6, 6.07) is 15.9. The van der Waals surface area contributed by atoms with E-state index in [0.29, 0.717) is 17.1 Å². The van der Waals surface area contributed by atoms with Crippen LogP contribution in [0, 0.1) is 11.3 Å². The van der Waals surface area contributed by atoms with Crippen LogP contribution < -0.4 is 9.47 Å². The van der Waals surface area contributed by atoms with Gasteiger partial charge in [-0.05, 0) is 42.5 Å². The molecule has 0 aliphatic rings. The third-order valence-electron chi connectivity index (χ3n) is 2.75. The van der Waals surface area contributed by atoms with Crippen LogP contribution in [-0.2, 0) is 9.53 Å². The van der Waals surface area contributed by atoms with E-state index in [1.165, 1.54) is 0 Å². The van der Waals surface area contributed by atoms with E-state index in [-0.39, 0.29) is 19.8 Å². The van der Waals surface area contributed by atoms with Gasteiger partial charge in [-0.3, -0.25) is 0 Å². The molecule has 0 aromatic heterocycles. The summed E-state index contributed by atoms with van der Waals surface area (Å²) in [7, 11) is 0. The average molecular weight is 376 g/mol. The molecule has 0 N–H and O–H groups in total. The summed E-state index contributed by atoms with van der Waals surface area (Å²) in [4.78, 5) is 11.5. The Morgan fingerprint density at radius 3 is 2.52 bits per heavy atom. The first-order valence-electron chi connectivity index (χ1n) is 6.84. The molecule has 0 unspecified atom stereocenters. The maximum atomic E-state index is 11.5. The lowest BCUT2D eigenvalue weighted by atomic mass is 10.2. The fourth-order valence-corrected chi connectivity index (χ4v) is 2.06. The second kappa shape index (κ2) is 8.81. The summed E-state index contributed by atoms with van der Waals surface area (Å²) >= 11 is 3.35. The summed E-state index contributed by atoms with van der Waals surface area (Å²) in [5.41, 5.74) is 0.532. The number of nitriles is 1. The van der Waals surface area contributed by atoms with Crippen LogP contribution in [0.25, 0.3) is 0 Å². The summed E-state index contributed by atoms with van der Waals surface area (Å²) < 4.78 is 16.6. The molecule has 6 heteroatoms. The van der Waals surface area contributed by atoms with E-state index >= 15 is 0 Å². The molecule has 0 atom stereocenters. The Hall–Kier alpha value is -2.52. The van der Waals surface area contributed by atoms with Crippen LogP contribution in [0.5, 0.6) is 11.5 Å². The van der Waals surface area contributed by atoms with Crippen LogP contribution in [0.2, 0.25) is 0 Å². The molecular weight excluding hydrogens is 362 g/mol. The van der Waals surface area contributed by atoms with Crippen molar-refractivity contribution in [3.63, 3.8) is 0 Å². The lowest BCUT2D eigenvalue weighted by Crippen LogP contribution is -2.18. The Morgan fingerprint density at radius 1 is 1.04 bits per heavy atom. The first kappa shape index (κ1) is 16.8. The molecule has 5 nitrogen and oxygen atoms in total. The van der Waals surface area contributed by atoms with E-state index in [4.69, 9.17) is 19.5 Å². The number of carbonyl (C=O) groups excluding carboxylic acids is 1. The van der Waals surface area contributed by atoms with Gasteiger partial charge in [-0.25, -0.2) is 4.79 Å². The van der Waals surface area contributed by atoms with Gasteiger partial charge < -0.3 is 14.2 Å². The predicted molar refractivity (Wildman–Crippen MR) is 87.2 cm³/mol. The van der Waals surface area contributed by atoms with Crippen molar-refractivity contribution in [1.29, 1.82) is 5.26 Å². The van der Waals surface area contributed by atoms with E-state index in [0.717, 1.165) is 4.47 Å². The van der Waals surface area contributed by atoms with E-state index in [2.05, 4.69) is 15.9 Å². The Kier molecular flexibility index (Phi) is 6.45. The smallest absolute Gasteiger partial charge is 0.344 e. The zero-order chi connectivity index (χ0) is 16.5. The van der Waals surface area contributed by atoms with Gasteiger partial charge in [-0.15, -0.1) is 0 Å². The molecule has 2 aromatic carbocycles. The van der Waals surface area contributed by atoms with Crippen LogP contribution in [0.15, 0.2) is 53.0 Å². The minimum atomic E-state index is -0.479. The highest BCUT2D eigenvalue weighted by Gasteiger charge is 2.05. The Morgan fingerprint density at radius 2 is 1.83 bits per heavy atom. The lowest BCUT2D eigenvalue weighted by Gasteiger charge is -2.08. The second-order valence-electron chi connectivity index (χ2n) is 4.45. The van der Waals surface area contributed by atoms with Crippen molar-refractivity contribution < 1.29 is 19.0 Å². The van der Waals surface area contributed by atoms with Crippen LogP contribution in [-0.4, -0.2) is 25.8 Å². The Labute approximate surface area is 142 Å². The largest absolute Gasteiger partial charge is 0.490 e. The zero-order valence-electron chi connectivity index (χ0n) is 12.2. The van der Waals surface area contributed by atoms with Crippen molar-refractivity contribution in [2.45, 2.75) is 0 Å². The van der Waals surface area contributed by atoms with E-state index < -0.39 is 5.97 Å². The minimum absolute atomic E-state index is 0.141. The molecule has 0 saturated heterocycles. The molecule has 0 spiro atoms. The maximum absolute atomic E-state index is 11.5. The van der Waals surface area contributed by atoms with Gasteiger partial charge in [0.1, 0.15) is 24.7 Å². The van der Waals surface area contributed by atoms with Crippen LogP contribution >= 0.6 is 15.9 Å². The predicted octanol–water partition coefficient (Wildman–Crippen LogP) is 3.32. The van der Waals surface area contributed by atoms with Gasteiger partial charge in [0.15, 0.2) is 6.61 Å². The summed E-state index contributed by atoms with van der Waals surface area (Å²) in [5.74, 6) is 0.725. The van der Waals surface area contributed by atoms with Crippen molar-refractivity contribution >= 4 is 21.9 Å². The fraction of sp³-hybridized carbons (Fsp3) is 0.176. The molecule has 118 valence electrons. The highest BCUT2D eigenvalue weighted by Crippen LogP contribution is 2.17. The highest BCUT2D eigenvalue weighted by molar-refractivity contribution is 9.10. The topological polar surface area (TPSA) is 68.5 Å². The molecular formula is C17H14BrNO4. The highest BCUT2D eigenvalue weighted by atomic mass is 79.9. The minimum Gasteiger partial charge on any atom is -0.490 e. The van der Waals surface area contributed by atoms with Crippen LogP contribution in [0.1, 0.15) is 5.56 Å². The third kappa shape index (κ3) is 6.01. The lowest BCUT2D eigenvalue weighted by molar-refractivity contribution is -0.146. The first-order valence-corrected chi connectivity index (χ1v) is 7.63. The van der Waals surface area contributed by atoms with Crippen molar-refractivity contribution in [3.8, 4) is 17.6 Å². The number of hydrogen-bond donors (Lipinski definition) is 0. The molecule has 0 amide bonds. The average Bonchev–Trinajstić information content (AvgIpc) is 2.57. The van der Waals surface area contributed by atoms with Gasteiger partial charge in [-0.2, -0.15) is 5.26 Å². The summed E-state index contributed by atoms with van der Waals surface area (Å²) in [6.45, 7) is 0.212. The van der Waals surface area contributed by atoms with E-state index in [1.54, 1.807) is 24.3 Å². The van der Waals surface area contributed by atoms with Crippen molar-refractivity contribution in [2.75, 3.05) is 19.8 Å². The van der Waals surface area contributed by atoms with Crippen LogP contribution in [0.4, 0.5) is 0 Å². The molecule has 2 aromatic rings. The van der Waals surface area contributed by atoms with E-state index in [9.17, 15) is 4.79 Å². The molecule has 0 saturated carbocycles. The molecule has 0 aliphatic heterocycles. The fourth-order valence-electron chi connectivity index (χ4n) is 1.68. The number of nitrogens with zero attached hydrogens (tertiary/aromatic N) is 1. The molecule has 23 heavy (non-hydrogen) atoms. The molecule has 2 rings (SSSR count). The molecule has 0 heterocycles. The second-order valence-corrected chi connectivity index (χ2v) is 5.37.